The Labute approximate surface area is 80.1 Å². The van der Waals surface area contributed by atoms with Crippen LogP contribution >= 0.6 is 12.8 Å². The molecule has 4 nitrogen and oxygen atoms in total. The molecule has 0 atom stereocenters. The minimum absolute atomic E-state index is 0.0333. The van der Waals surface area contributed by atoms with Crippen molar-refractivity contribution < 1.29 is 14.7 Å². The summed E-state index contributed by atoms with van der Waals surface area (Å²) in [6.07, 6.45) is 0. The smallest absolute Gasteiger partial charge is 0.336 e. The minimum Gasteiger partial charge on any atom is -0.478 e. The standard InChI is InChI=1S/C8H7NO3S/c10-7(9-13)5-3-1-2-4-6(5)8(11)12/h1-4,13H,(H,9,10)(H,11,12). The number of benzene rings is 1. The molecule has 0 unspecified atom stereocenters. The van der Waals surface area contributed by atoms with Crippen molar-refractivity contribution in [1.82, 2.24) is 4.72 Å². The Bertz CT molecular complexity index is 351. The van der Waals surface area contributed by atoms with E-state index in [1.807, 2.05) is 0 Å². The highest BCUT2D eigenvalue weighted by atomic mass is 32.1. The Morgan fingerprint density at radius 1 is 1.23 bits per heavy atom. The second-order valence-corrected chi connectivity index (χ2v) is 2.52. The van der Waals surface area contributed by atoms with Gasteiger partial charge in [-0.15, -0.1) is 0 Å². The third-order valence-electron chi connectivity index (χ3n) is 1.50. The van der Waals surface area contributed by atoms with Gasteiger partial charge in [0.25, 0.3) is 5.91 Å². The zero-order valence-electron chi connectivity index (χ0n) is 6.52. The first-order valence-corrected chi connectivity index (χ1v) is 3.88. The molecule has 0 saturated heterocycles. The van der Waals surface area contributed by atoms with E-state index in [0.717, 1.165) is 0 Å². The van der Waals surface area contributed by atoms with Crippen molar-refractivity contribution in [2.24, 2.45) is 0 Å². The van der Waals surface area contributed by atoms with E-state index in [2.05, 4.69) is 17.5 Å². The molecule has 0 spiro atoms. The van der Waals surface area contributed by atoms with Gasteiger partial charge in [0.2, 0.25) is 0 Å². The van der Waals surface area contributed by atoms with Crippen molar-refractivity contribution in [3.8, 4) is 0 Å². The molecule has 0 fully saturated rings. The van der Waals surface area contributed by atoms with Gasteiger partial charge in [-0.05, 0) is 12.1 Å². The first kappa shape index (κ1) is 9.60. The average Bonchev–Trinajstić information content (AvgIpc) is 2.16. The monoisotopic (exact) mass is 197 g/mol. The van der Waals surface area contributed by atoms with Gasteiger partial charge >= 0.3 is 5.97 Å². The third kappa shape index (κ3) is 2.00. The molecule has 0 radical (unpaired) electrons. The molecular weight excluding hydrogens is 190 g/mol. The van der Waals surface area contributed by atoms with Gasteiger partial charge in [0.15, 0.2) is 0 Å². The van der Waals surface area contributed by atoms with Gasteiger partial charge in [0, 0.05) is 0 Å². The highest BCUT2D eigenvalue weighted by molar-refractivity contribution is 7.78. The molecule has 0 aromatic heterocycles. The summed E-state index contributed by atoms with van der Waals surface area (Å²) in [5.74, 6) is -1.66. The Hall–Kier alpha value is -1.49. The number of carbonyl (C=O) groups excluding carboxylic acids is 1. The van der Waals surface area contributed by atoms with Crippen molar-refractivity contribution >= 4 is 24.7 Å². The predicted octanol–water partition coefficient (Wildman–Crippen LogP) is 0.959. The number of amides is 1. The molecule has 13 heavy (non-hydrogen) atoms. The second-order valence-electron chi connectivity index (χ2n) is 2.29. The second kappa shape index (κ2) is 3.95. The highest BCUT2D eigenvalue weighted by Gasteiger charge is 2.13. The quantitative estimate of drug-likeness (QED) is 0.618. The molecule has 2 N–H and O–H groups in total. The maximum atomic E-state index is 11.1. The van der Waals surface area contributed by atoms with E-state index >= 15 is 0 Å². The molecular formula is C8H7NO3S. The van der Waals surface area contributed by atoms with Crippen LogP contribution in [0, 0.1) is 0 Å². The predicted molar refractivity (Wildman–Crippen MR) is 49.9 cm³/mol. The fraction of sp³-hybridized carbons (Fsp3) is 0. The van der Waals surface area contributed by atoms with Crippen LogP contribution < -0.4 is 4.72 Å². The Morgan fingerprint density at radius 2 is 1.77 bits per heavy atom. The van der Waals surface area contributed by atoms with E-state index in [-0.39, 0.29) is 11.1 Å². The summed E-state index contributed by atoms with van der Waals surface area (Å²) in [5, 5.41) is 8.71. The lowest BCUT2D eigenvalue weighted by atomic mass is 10.1. The van der Waals surface area contributed by atoms with Gasteiger partial charge in [-0.2, -0.15) is 0 Å². The molecule has 1 aromatic rings. The van der Waals surface area contributed by atoms with Crippen LogP contribution in [0.4, 0.5) is 0 Å². The molecule has 0 aliphatic carbocycles. The lowest BCUT2D eigenvalue weighted by Crippen LogP contribution is -2.16. The molecule has 1 rings (SSSR count). The summed E-state index contributed by atoms with van der Waals surface area (Å²) < 4.78 is 2.07. The van der Waals surface area contributed by atoms with Crippen LogP contribution in [0.1, 0.15) is 20.7 Å². The molecule has 68 valence electrons. The maximum Gasteiger partial charge on any atom is 0.336 e. The summed E-state index contributed by atoms with van der Waals surface area (Å²) >= 11 is 3.55. The summed E-state index contributed by atoms with van der Waals surface area (Å²) in [6, 6.07) is 5.93. The molecule has 5 heteroatoms. The normalized spacial score (nSPS) is 9.31. The van der Waals surface area contributed by atoms with Crippen LogP contribution in [0.25, 0.3) is 0 Å². The lowest BCUT2D eigenvalue weighted by Gasteiger charge is -2.02. The van der Waals surface area contributed by atoms with Crippen molar-refractivity contribution in [3.05, 3.63) is 35.4 Å². The maximum absolute atomic E-state index is 11.1. The van der Waals surface area contributed by atoms with E-state index in [1.165, 1.54) is 12.1 Å². The van der Waals surface area contributed by atoms with Crippen molar-refractivity contribution in [3.63, 3.8) is 0 Å². The third-order valence-corrected chi connectivity index (χ3v) is 1.71. The average molecular weight is 197 g/mol. The number of nitrogens with one attached hydrogen (secondary N) is 1. The van der Waals surface area contributed by atoms with Crippen LogP contribution in [-0.4, -0.2) is 17.0 Å². The Balaban J connectivity index is 3.19. The van der Waals surface area contributed by atoms with Crippen LogP contribution in [0.3, 0.4) is 0 Å². The fourth-order valence-corrected chi connectivity index (χ4v) is 1.05. The number of rotatable bonds is 2. The van der Waals surface area contributed by atoms with E-state index in [1.54, 1.807) is 12.1 Å². The lowest BCUT2D eigenvalue weighted by molar-refractivity contribution is 0.0691. The first-order chi connectivity index (χ1) is 6.16. The summed E-state index contributed by atoms with van der Waals surface area (Å²) in [6.45, 7) is 0. The van der Waals surface area contributed by atoms with Gasteiger partial charge < -0.3 is 5.11 Å². The molecule has 0 aliphatic heterocycles. The molecule has 0 aliphatic rings. The van der Waals surface area contributed by atoms with Gasteiger partial charge in [0.1, 0.15) is 0 Å². The van der Waals surface area contributed by atoms with E-state index < -0.39 is 11.9 Å². The molecule has 0 saturated carbocycles. The number of thiol groups is 1. The van der Waals surface area contributed by atoms with Gasteiger partial charge in [-0.25, -0.2) is 4.79 Å². The Kier molecular flexibility index (Phi) is 2.92. The van der Waals surface area contributed by atoms with Crippen molar-refractivity contribution in [1.29, 1.82) is 0 Å². The number of hydrogen-bond donors (Lipinski definition) is 3. The Morgan fingerprint density at radius 3 is 2.23 bits per heavy atom. The topological polar surface area (TPSA) is 66.4 Å². The largest absolute Gasteiger partial charge is 0.478 e. The van der Waals surface area contributed by atoms with Crippen molar-refractivity contribution in [2.45, 2.75) is 0 Å². The van der Waals surface area contributed by atoms with Crippen LogP contribution in [0.2, 0.25) is 0 Å². The van der Waals surface area contributed by atoms with Gasteiger partial charge in [-0.3, -0.25) is 9.52 Å². The van der Waals surface area contributed by atoms with Gasteiger partial charge in [-0.1, -0.05) is 24.9 Å². The van der Waals surface area contributed by atoms with Crippen molar-refractivity contribution in [2.75, 3.05) is 0 Å². The summed E-state index contributed by atoms with van der Waals surface area (Å²) in [7, 11) is 0. The number of hydrogen-bond acceptors (Lipinski definition) is 3. The number of aromatic carboxylic acids is 1. The first-order valence-electron chi connectivity index (χ1n) is 3.43. The van der Waals surface area contributed by atoms with Gasteiger partial charge in [0.05, 0.1) is 11.1 Å². The SMILES string of the molecule is O=C(O)c1ccccc1C(=O)NS. The number of carboxylic acids is 1. The van der Waals surface area contributed by atoms with E-state index in [4.69, 9.17) is 5.11 Å². The molecule has 1 amide bonds. The zero-order chi connectivity index (χ0) is 9.84. The number of carboxylic acid groups (broad SMARTS) is 1. The van der Waals surface area contributed by atoms with E-state index in [9.17, 15) is 9.59 Å². The molecule has 0 bridgehead atoms. The fourth-order valence-electron chi connectivity index (χ4n) is 0.928. The minimum atomic E-state index is -1.13. The zero-order valence-corrected chi connectivity index (χ0v) is 7.41. The van der Waals surface area contributed by atoms with E-state index in [0.29, 0.717) is 0 Å². The van der Waals surface area contributed by atoms with Crippen LogP contribution in [-0.2, 0) is 0 Å². The highest BCUT2D eigenvalue weighted by Crippen LogP contribution is 2.08. The number of carbonyl (C=O) groups is 2. The summed E-state index contributed by atoms with van der Waals surface area (Å²) in [5.41, 5.74) is 0.0686. The van der Waals surface area contributed by atoms with Crippen LogP contribution in [0.5, 0.6) is 0 Å². The van der Waals surface area contributed by atoms with Crippen LogP contribution in [0.15, 0.2) is 24.3 Å². The molecule has 1 aromatic carbocycles. The molecule has 0 heterocycles. The summed E-state index contributed by atoms with van der Waals surface area (Å²) in [4.78, 5) is 21.7.